The smallest absolute Gasteiger partial charge is 0.217 e. The lowest BCUT2D eigenvalue weighted by atomic mass is 10.4. The molecule has 1 aromatic rings. The number of hydrogen-bond acceptors (Lipinski definition) is 3. The summed E-state index contributed by atoms with van der Waals surface area (Å²) >= 11 is -0.977. The van der Waals surface area contributed by atoms with E-state index in [0.29, 0.717) is 5.76 Å². The molecule has 0 spiro atoms. The van der Waals surface area contributed by atoms with Gasteiger partial charge in [0.05, 0.1) is 0 Å². The molecule has 3 nitrogen and oxygen atoms in total. The van der Waals surface area contributed by atoms with E-state index in [4.69, 9.17) is 4.52 Å². The Morgan fingerprint density at radius 2 is 2.10 bits per heavy atom. The Bertz CT molecular complexity index is 212. The quantitative estimate of drug-likeness (QED) is 0.575. The molecule has 1 rings (SSSR count). The van der Waals surface area contributed by atoms with Crippen LogP contribution in [0.3, 0.4) is 0 Å². The molecule has 1 aromatic heterocycles. The molecular formula is C6H9NO2S. The molecule has 0 fully saturated rings. The van der Waals surface area contributed by atoms with E-state index < -0.39 is 11.2 Å². The molecule has 0 saturated carbocycles. The number of rotatable bonds is 1. The van der Waals surface area contributed by atoms with E-state index in [1.807, 2.05) is 0 Å². The number of hydrogen-bond donors (Lipinski definition) is 0. The molecule has 0 aliphatic heterocycles. The summed E-state index contributed by atoms with van der Waals surface area (Å²) in [6, 6.07) is 0. The van der Waals surface area contributed by atoms with Crippen LogP contribution in [0.1, 0.15) is 11.5 Å². The van der Waals surface area contributed by atoms with Crippen LogP contribution in [0.5, 0.6) is 0 Å². The third-order valence-corrected chi connectivity index (χ3v) is 2.41. The van der Waals surface area contributed by atoms with E-state index >= 15 is 0 Å². The van der Waals surface area contributed by atoms with Crippen LogP contribution in [0.4, 0.5) is 0 Å². The Balaban J connectivity index is 3.10. The predicted molar refractivity (Wildman–Crippen MR) is 38.3 cm³/mol. The highest BCUT2D eigenvalue weighted by Crippen LogP contribution is 2.17. The first kappa shape index (κ1) is 7.63. The van der Waals surface area contributed by atoms with Crippen molar-refractivity contribution in [3.8, 4) is 0 Å². The van der Waals surface area contributed by atoms with Gasteiger partial charge in [-0.15, -0.1) is 0 Å². The van der Waals surface area contributed by atoms with E-state index in [1.165, 1.54) is 0 Å². The Hall–Kier alpha value is -0.480. The van der Waals surface area contributed by atoms with Crippen LogP contribution in [0.2, 0.25) is 0 Å². The van der Waals surface area contributed by atoms with Crippen LogP contribution in [-0.2, 0) is 11.2 Å². The summed E-state index contributed by atoms with van der Waals surface area (Å²) in [6.07, 6.45) is 1.62. The molecule has 0 aliphatic carbocycles. The molecule has 0 aromatic carbocycles. The van der Waals surface area contributed by atoms with Crippen LogP contribution in [0, 0.1) is 13.8 Å². The van der Waals surface area contributed by atoms with Crippen molar-refractivity contribution in [2.24, 2.45) is 0 Å². The van der Waals surface area contributed by atoms with Crippen molar-refractivity contribution in [2.75, 3.05) is 6.26 Å². The molecule has 56 valence electrons. The standard InChI is InChI=1S/C6H9NO2S/c1-4-6(10(3)8)5(2)9-7-4/h1-3H3. The van der Waals surface area contributed by atoms with Crippen LogP contribution in [0.15, 0.2) is 9.42 Å². The largest absolute Gasteiger partial charge is 0.612 e. The van der Waals surface area contributed by atoms with Crippen LogP contribution in [0.25, 0.3) is 0 Å². The average Bonchev–Trinajstić information content (AvgIpc) is 2.11. The van der Waals surface area contributed by atoms with Crippen LogP contribution >= 0.6 is 0 Å². The molecule has 1 heterocycles. The minimum Gasteiger partial charge on any atom is -0.612 e. The van der Waals surface area contributed by atoms with Gasteiger partial charge >= 0.3 is 0 Å². The Kier molecular flexibility index (Phi) is 2.01. The van der Waals surface area contributed by atoms with E-state index in [-0.39, 0.29) is 0 Å². The minimum atomic E-state index is -0.977. The van der Waals surface area contributed by atoms with E-state index in [9.17, 15) is 4.55 Å². The summed E-state index contributed by atoms with van der Waals surface area (Å²) in [5.74, 6) is 0.651. The first-order valence-electron chi connectivity index (χ1n) is 2.89. The molecule has 0 aliphatic rings. The van der Waals surface area contributed by atoms with Crippen molar-refractivity contribution in [3.63, 3.8) is 0 Å². The lowest BCUT2D eigenvalue weighted by molar-refractivity contribution is 0.390. The fraction of sp³-hybridized carbons (Fsp3) is 0.500. The maximum absolute atomic E-state index is 11.0. The maximum Gasteiger partial charge on any atom is 0.217 e. The lowest BCUT2D eigenvalue weighted by Gasteiger charge is -2.00. The summed E-state index contributed by atoms with van der Waals surface area (Å²) < 4.78 is 15.8. The number of aromatic nitrogens is 1. The van der Waals surface area contributed by atoms with Crippen molar-refractivity contribution in [1.82, 2.24) is 5.16 Å². The molecule has 4 heteroatoms. The van der Waals surface area contributed by atoms with Gasteiger partial charge in [0.25, 0.3) is 0 Å². The van der Waals surface area contributed by atoms with Gasteiger partial charge in [-0.05, 0) is 18.1 Å². The van der Waals surface area contributed by atoms with Gasteiger partial charge in [0.15, 0.2) is 5.76 Å². The van der Waals surface area contributed by atoms with Gasteiger partial charge in [-0.1, -0.05) is 5.16 Å². The third-order valence-electron chi connectivity index (χ3n) is 1.26. The molecular weight excluding hydrogens is 150 g/mol. The van der Waals surface area contributed by atoms with E-state index in [2.05, 4.69) is 5.16 Å². The molecule has 1 unspecified atom stereocenters. The first-order valence-corrected chi connectivity index (χ1v) is 4.45. The van der Waals surface area contributed by atoms with Crippen molar-refractivity contribution in [2.45, 2.75) is 18.7 Å². The highest BCUT2D eigenvalue weighted by Gasteiger charge is 2.17. The van der Waals surface area contributed by atoms with Crippen molar-refractivity contribution in [3.05, 3.63) is 11.5 Å². The van der Waals surface area contributed by atoms with Crippen molar-refractivity contribution < 1.29 is 9.08 Å². The van der Waals surface area contributed by atoms with Gasteiger partial charge < -0.3 is 9.08 Å². The zero-order valence-electron chi connectivity index (χ0n) is 6.17. The van der Waals surface area contributed by atoms with Gasteiger partial charge in [-0.25, -0.2) is 0 Å². The second-order valence-corrected chi connectivity index (χ2v) is 3.42. The molecule has 10 heavy (non-hydrogen) atoms. The van der Waals surface area contributed by atoms with Gasteiger partial charge in [-0.2, -0.15) is 0 Å². The second-order valence-electron chi connectivity index (χ2n) is 2.11. The normalized spacial score (nSPS) is 13.6. The van der Waals surface area contributed by atoms with Gasteiger partial charge in [-0.3, -0.25) is 0 Å². The summed E-state index contributed by atoms with van der Waals surface area (Å²) in [6.45, 7) is 3.55. The zero-order valence-corrected chi connectivity index (χ0v) is 6.99. The van der Waals surface area contributed by atoms with E-state index in [1.54, 1.807) is 20.1 Å². The van der Waals surface area contributed by atoms with Crippen molar-refractivity contribution >= 4 is 11.2 Å². The number of aryl methyl sites for hydroxylation is 2. The molecule has 0 amide bonds. The highest BCUT2D eigenvalue weighted by molar-refractivity contribution is 7.90. The fourth-order valence-corrected chi connectivity index (χ4v) is 1.78. The fourth-order valence-electron chi connectivity index (χ4n) is 0.885. The third kappa shape index (κ3) is 1.17. The summed E-state index contributed by atoms with van der Waals surface area (Å²) in [4.78, 5) is 0.722. The average molecular weight is 159 g/mol. The Morgan fingerprint density at radius 3 is 2.30 bits per heavy atom. The summed E-state index contributed by atoms with van der Waals surface area (Å²) in [7, 11) is 0. The molecule has 0 N–H and O–H groups in total. The molecule has 0 saturated heterocycles. The summed E-state index contributed by atoms with van der Waals surface area (Å²) in [5.41, 5.74) is 0.721. The topological polar surface area (TPSA) is 49.1 Å². The number of nitrogens with zero attached hydrogens (tertiary/aromatic N) is 1. The lowest BCUT2D eigenvalue weighted by Crippen LogP contribution is -1.99. The molecule has 0 bridgehead atoms. The van der Waals surface area contributed by atoms with Gasteiger partial charge in [0, 0.05) is 6.92 Å². The Morgan fingerprint density at radius 1 is 1.50 bits per heavy atom. The first-order chi connectivity index (χ1) is 4.63. The minimum absolute atomic E-state index is 0.651. The van der Waals surface area contributed by atoms with Gasteiger partial charge in [0.1, 0.15) is 11.9 Å². The monoisotopic (exact) mass is 159 g/mol. The molecule has 0 radical (unpaired) electrons. The Labute approximate surface area is 62.6 Å². The zero-order chi connectivity index (χ0) is 7.72. The SMILES string of the molecule is Cc1noc(C)c1[S+](C)[O-]. The van der Waals surface area contributed by atoms with Gasteiger partial charge in [0.2, 0.25) is 4.90 Å². The maximum atomic E-state index is 11.0. The van der Waals surface area contributed by atoms with Crippen molar-refractivity contribution in [1.29, 1.82) is 0 Å². The summed E-state index contributed by atoms with van der Waals surface area (Å²) in [5, 5.41) is 3.67. The van der Waals surface area contributed by atoms with E-state index in [0.717, 1.165) is 10.6 Å². The highest BCUT2D eigenvalue weighted by atomic mass is 32.2. The van der Waals surface area contributed by atoms with Crippen LogP contribution < -0.4 is 0 Å². The second kappa shape index (κ2) is 2.64. The van der Waals surface area contributed by atoms with Crippen LogP contribution in [-0.4, -0.2) is 16.0 Å². The predicted octanol–water partition coefficient (Wildman–Crippen LogP) is 1.03. The molecule has 1 atom stereocenters.